The van der Waals surface area contributed by atoms with Gasteiger partial charge in [-0.2, -0.15) is 0 Å². The smallest absolute Gasteiger partial charge is 0.487 e. The van der Waals surface area contributed by atoms with E-state index in [-0.39, 0.29) is 18.5 Å². The summed E-state index contributed by atoms with van der Waals surface area (Å²) >= 11 is 0. The molecule has 1 aromatic heterocycles. The van der Waals surface area contributed by atoms with Crippen molar-refractivity contribution in [2.45, 2.75) is 32.4 Å². The molecule has 1 aromatic carbocycles. The molecule has 0 spiro atoms. The van der Waals surface area contributed by atoms with E-state index in [2.05, 4.69) is 14.6 Å². The highest BCUT2D eigenvalue weighted by Crippen LogP contribution is 2.25. The van der Waals surface area contributed by atoms with Crippen LogP contribution in [0.5, 0.6) is 11.5 Å². The summed E-state index contributed by atoms with van der Waals surface area (Å²) in [6, 6.07) is 7.26. The predicted molar refractivity (Wildman–Crippen MR) is 105 cm³/mol. The molecular weight excluding hydrogens is 417 g/mol. The van der Waals surface area contributed by atoms with Gasteiger partial charge in [0.1, 0.15) is 18.1 Å². The normalized spacial score (nSPS) is 17.8. The standard InChI is InChI=1S/C21H23F3N2O5/c1-14(20(27)28)8-19-12-26(6-7-29-19)16-9-18(11-25-10-16)30-13-15-2-4-17(5-3-15)31-21(22,23)24/h2-5,9-11,14,19H,6-8,12-13H2,1H3,(H,27,28)/t14?,19-/m0/s1. The third-order valence-electron chi connectivity index (χ3n) is 4.80. The van der Waals surface area contributed by atoms with Crippen molar-refractivity contribution in [3.05, 3.63) is 48.3 Å². The number of aliphatic carboxylic acids is 1. The lowest BCUT2D eigenvalue weighted by Gasteiger charge is -2.35. The summed E-state index contributed by atoms with van der Waals surface area (Å²) in [5.41, 5.74) is 1.50. The molecular formula is C21H23F3N2O5. The van der Waals surface area contributed by atoms with Crippen LogP contribution in [0.3, 0.4) is 0 Å². The Labute approximate surface area is 177 Å². The number of ether oxygens (including phenoxy) is 3. The highest BCUT2D eigenvalue weighted by Gasteiger charge is 2.31. The van der Waals surface area contributed by atoms with E-state index in [1.54, 1.807) is 19.3 Å². The van der Waals surface area contributed by atoms with Crippen molar-refractivity contribution < 1.29 is 37.3 Å². The molecule has 10 heteroatoms. The topological polar surface area (TPSA) is 81.1 Å². The van der Waals surface area contributed by atoms with Crippen molar-refractivity contribution in [2.24, 2.45) is 5.92 Å². The van der Waals surface area contributed by atoms with E-state index in [1.807, 2.05) is 6.07 Å². The van der Waals surface area contributed by atoms with Gasteiger partial charge in [0.05, 0.1) is 36.7 Å². The van der Waals surface area contributed by atoms with Gasteiger partial charge in [0.15, 0.2) is 0 Å². The van der Waals surface area contributed by atoms with E-state index < -0.39 is 18.2 Å². The number of alkyl halides is 3. The number of anilines is 1. The number of carbonyl (C=O) groups is 1. The first-order chi connectivity index (χ1) is 14.7. The maximum Gasteiger partial charge on any atom is 0.573 e. The first-order valence-electron chi connectivity index (χ1n) is 9.71. The van der Waals surface area contributed by atoms with Gasteiger partial charge >= 0.3 is 12.3 Å². The fraction of sp³-hybridized carbons (Fsp3) is 0.429. The van der Waals surface area contributed by atoms with Gasteiger partial charge in [-0.1, -0.05) is 19.1 Å². The molecule has 2 heterocycles. The number of hydrogen-bond donors (Lipinski definition) is 1. The Kier molecular flexibility index (Phi) is 7.21. The number of hydrogen-bond acceptors (Lipinski definition) is 6. The Bertz CT molecular complexity index is 876. The fourth-order valence-corrected chi connectivity index (χ4v) is 3.20. The molecule has 7 nitrogen and oxygen atoms in total. The van der Waals surface area contributed by atoms with Gasteiger partial charge in [-0.3, -0.25) is 9.78 Å². The molecule has 0 aliphatic carbocycles. The van der Waals surface area contributed by atoms with Crippen molar-refractivity contribution in [3.8, 4) is 11.5 Å². The van der Waals surface area contributed by atoms with Crippen molar-refractivity contribution in [3.63, 3.8) is 0 Å². The second-order valence-corrected chi connectivity index (χ2v) is 7.27. The number of rotatable bonds is 8. The van der Waals surface area contributed by atoms with Crippen LogP contribution < -0.4 is 14.4 Å². The van der Waals surface area contributed by atoms with Gasteiger partial charge in [0.2, 0.25) is 0 Å². The maximum absolute atomic E-state index is 12.2. The molecule has 2 atom stereocenters. The van der Waals surface area contributed by atoms with Gasteiger partial charge in [0.25, 0.3) is 0 Å². The third-order valence-corrected chi connectivity index (χ3v) is 4.80. The Morgan fingerprint density at radius 1 is 1.29 bits per heavy atom. The van der Waals surface area contributed by atoms with Crippen LogP contribution in [0.25, 0.3) is 0 Å². The number of aromatic nitrogens is 1. The molecule has 1 saturated heterocycles. The summed E-state index contributed by atoms with van der Waals surface area (Å²) in [6.45, 7) is 3.48. The molecule has 1 N–H and O–H groups in total. The second kappa shape index (κ2) is 9.86. The first kappa shape index (κ1) is 22.7. The Balaban J connectivity index is 1.57. The van der Waals surface area contributed by atoms with Crippen LogP contribution in [0.4, 0.5) is 18.9 Å². The van der Waals surface area contributed by atoms with E-state index in [1.165, 1.54) is 24.3 Å². The van der Waals surface area contributed by atoms with Crippen LogP contribution in [0.15, 0.2) is 42.7 Å². The van der Waals surface area contributed by atoms with E-state index in [0.717, 1.165) is 5.69 Å². The van der Waals surface area contributed by atoms with E-state index in [0.29, 0.717) is 37.4 Å². The zero-order valence-corrected chi connectivity index (χ0v) is 16.8. The highest BCUT2D eigenvalue weighted by molar-refractivity contribution is 5.69. The molecule has 3 rings (SSSR count). The minimum atomic E-state index is -4.73. The number of halogens is 3. The second-order valence-electron chi connectivity index (χ2n) is 7.27. The van der Waals surface area contributed by atoms with Crippen molar-refractivity contribution in [1.29, 1.82) is 0 Å². The molecule has 0 saturated carbocycles. The zero-order chi connectivity index (χ0) is 22.4. The van der Waals surface area contributed by atoms with Crippen LogP contribution in [-0.2, 0) is 16.1 Å². The number of nitrogens with zero attached hydrogens (tertiary/aromatic N) is 2. The lowest BCUT2D eigenvalue weighted by atomic mass is 10.0. The minimum Gasteiger partial charge on any atom is -0.487 e. The molecule has 0 bridgehead atoms. The zero-order valence-electron chi connectivity index (χ0n) is 16.8. The van der Waals surface area contributed by atoms with E-state index in [9.17, 15) is 18.0 Å². The van der Waals surface area contributed by atoms with Gasteiger partial charge in [0, 0.05) is 19.2 Å². The molecule has 168 valence electrons. The molecule has 1 aliphatic rings. The Morgan fingerprint density at radius 2 is 2.03 bits per heavy atom. The van der Waals surface area contributed by atoms with Crippen molar-refractivity contribution >= 4 is 11.7 Å². The van der Waals surface area contributed by atoms with Crippen LogP contribution >= 0.6 is 0 Å². The number of carboxylic acid groups (broad SMARTS) is 1. The molecule has 1 unspecified atom stereocenters. The summed E-state index contributed by atoms with van der Waals surface area (Å²) in [5.74, 6) is -1.13. The maximum atomic E-state index is 12.2. The summed E-state index contributed by atoms with van der Waals surface area (Å²) in [4.78, 5) is 17.3. The number of pyridine rings is 1. The first-order valence-corrected chi connectivity index (χ1v) is 9.71. The number of benzene rings is 1. The van der Waals surface area contributed by atoms with E-state index in [4.69, 9.17) is 14.6 Å². The van der Waals surface area contributed by atoms with E-state index >= 15 is 0 Å². The van der Waals surface area contributed by atoms with Crippen LogP contribution in [0.1, 0.15) is 18.9 Å². The van der Waals surface area contributed by atoms with Gasteiger partial charge in [-0.25, -0.2) is 0 Å². The summed E-state index contributed by atoms with van der Waals surface area (Å²) < 4.78 is 52.0. The summed E-state index contributed by atoms with van der Waals surface area (Å²) in [7, 11) is 0. The molecule has 2 aromatic rings. The SMILES string of the molecule is CC(C[C@H]1CN(c2cncc(OCc3ccc(OC(F)(F)F)cc3)c2)CCO1)C(=O)O. The fourth-order valence-electron chi connectivity index (χ4n) is 3.20. The number of carboxylic acids is 1. The average molecular weight is 440 g/mol. The van der Waals surface area contributed by atoms with Crippen LogP contribution in [0.2, 0.25) is 0 Å². The summed E-state index contributed by atoms with van der Waals surface area (Å²) in [6.07, 6.45) is -1.26. The summed E-state index contributed by atoms with van der Waals surface area (Å²) in [5, 5.41) is 9.10. The third kappa shape index (κ3) is 7.02. The van der Waals surface area contributed by atoms with Gasteiger partial charge in [-0.05, 0) is 24.1 Å². The lowest BCUT2D eigenvalue weighted by molar-refractivity contribution is -0.274. The van der Waals surface area contributed by atoms with Crippen molar-refractivity contribution in [1.82, 2.24) is 4.98 Å². The lowest BCUT2D eigenvalue weighted by Crippen LogP contribution is -2.43. The average Bonchev–Trinajstić information content (AvgIpc) is 2.72. The van der Waals surface area contributed by atoms with Gasteiger partial charge in [-0.15, -0.1) is 13.2 Å². The Morgan fingerprint density at radius 3 is 2.71 bits per heavy atom. The number of morpholine rings is 1. The molecule has 1 aliphatic heterocycles. The predicted octanol–water partition coefficient (Wildman–Crippen LogP) is 3.88. The molecule has 0 amide bonds. The molecule has 0 radical (unpaired) electrons. The van der Waals surface area contributed by atoms with Crippen LogP contribution in [0, 0.1) is 5.92 Å². The van der Waals surface area contributed by atoms with Gasteiger partial charge < -0.3 is 24.2 Å². The quantitative estimate of drug-likeness (QED) is 0.667. The largest absolute Gasteiger partial charge is 0.573 e. The molecule has 31 heavy (non-hydrogen) atoms. The minimum absolute atomic E-state index is 0.152. The van der Waals surface area contributed by atoms with Crippen molar-refractivity contribution in [2.75, 3.05) is 24.6 Å². The molecule has 1 fully saturated rings. The van der Waals surface area contributed by atoms with Crippen LogP contribution in [-0.4, -0.2) is 48.2 Å². The highest BCUT2D eigenvalue weighted by atomic mass is 19.4. The Hall–Kier alpha value is -3.01. The monoisotopic (exact) mass is 440 g/mol.